The van der Waals surface area contributed by atoms with Gasteiger partial charge in [0.1, 0.15) is 0 Å². The minimum atomic E-state index is -0.850. The number of carbonyl (C=O) groups is 2. The molecular weight excluding hydrogens is 232 g/mol. The molecule has 2 aliphatic rings. The lowest BCUT2D eigenvalue weighted by atomic mass is 9.74. The number of amides is 1. The fourth-order valence-corrected chi connectivity index (χ4v) is 3.01. The van der Waals surface area contributed by atoms with Crippen LogP contribution in [0.15, 0.2) is 0 Å². The molecule has 2 aliphatic carbocycles. The molecule has 5 nitrogen and oxygen atoms in total. The third-order valence-electron chi connectivity index (χ3n) is 4.38. The number of hydrogen-bond donors (Lipinski definition) is 3. The number of carboxylic acids is 1. The zero-order valence-electron chi connectivity index (χ0n) is 10.7. The van der Waals surface area contributed by atoms with Crippen LogP contribution in [0.2, 0.25) is 0 Å². The molecule has 5 heteroatoms. The van der Waals surface area contributed by atoms with Crippen LogP contribution in [0.3, 0.4) is 0 Å². The normalized spacial score (nSPS) is 24.9. The van der Waals surface area contributed by atoms with Gasteiger partial charge in [-0.1, -0.05) is 19.3 Å². The second kappa shape index (κ2) is 4.88. The Morgan fingerprint density at radius 2 is 1.67 bits per heavy atom. The van der Waals surface area contributed by atoms with E-state index in [2.05, 4.69) is 5.32 Å². The molecule has 0 radical (unpaired) electrons. The highest BCUT2D eigenvalue weighted by molar-refractivity contribution is 5.88. The van der Waals surface area contributed by atoms with Gasteiger partial charge in [0, 0.05) is 0 Å². The Balaban J connectivity index is 2.04. The van der Waals surface area contributed by atoms with E-state index >= 15 is 0 Å². The van der Waals surface area contributed by atoms with E-state index in [9.17, 15) is 9.59 Å². The van der Waals surface area contributed by atoms with E-state index in [4.69, 9.17) is 10.8 Å². The maximum absolute atomic E-state index is 12.2. The molecule has 0 saturated heterocycles. The Hall–Kier alpha value is -1.10. The van der Waals surface area contributed by atoms with Crippen LogP contribution in [0.25, 0.3) is 0 Å². The summed E-state index contributed by atoms with van der Waals surface area (Å²) >= 11 is 0. The van der Waals surface area contributed by atoms with Crippen molar-refractivity contribution >= 4 is 11.9 Å². The van der Waals surface area contributed by atoms with Gasteiger partial charge in [-0.3, -0.25) is 9.59 Å². The number of carboxylic acid groups (broad SMARTS) is 1. The van der Waals surface area contributed by atoms with Crippen LogP contribution in [0.5, 0.6) is 0 Å². The minimum Gasteiger partial charge on any atom is -0.481 e. The highest BCUT2D eigenvalue weighted by Gasteiger charge is 2.44. The zero-order valence-corrected chi connectivity index (χ0v) is 10.7. The van der Waals surface area contributed by atoms with E-state index < -0.39 is 17.0 Å². The van der Waals surface area contributed by atoms with E-state index in [0.29, 0.717) is 12.8 Å². The predicted octanol–water partition coefficient (Wildman–Crippen LogP) is 1.16. The zero-order chi connectivity index (χ0) is 13.2. The van der Waals surface area contributed by atoms with Crippen LogP contribution < -0.4 is 11.1 Å². The fraction of sp³-hybridized carbons (Fsp3) is 0.846. The first-order valence-corrected chi connectivity index (χ1v) is 6.79. The van der Waals surface area contributed by atoms with Gasteiger partial charge in [-0.25, -0.2) is 0 Å². The molecule has 0 aromatic heterocycles. The molecule has 0 spiro atoms. The Bertz CT molecular complexity index is 344. The van der Waals surface area contributed by atoms with Gasteiger partial charge in [0.25, 0.3) is 0 Å². The molecular formula is C13H22N2O3. The van der Waals surface area contributed by atoms with E-state index in [1.165, 1.54) is 0 Å². The van der Waals surface area contributed by atoms with Crippen molar-refractivity contribution in [1.29, 1.82) is 0 Å². The molecule has 0 bridgehead atoms. The van der Waals surface area contributed by atoms with Gasteiger partial charge in [-0.15, -0.1) is 0 Å². The van der Waals surface area contributed by atoms with E-state index in [1.54, 1.807) is 0 Å². The summed E-state index contributed by atoms with van der Waals surface area (Å²) in [6.45, 7) is 0. The fourth-order valence-electron chi connectivity index (χ4n) is 3.01. The summed E-state index contributed by atoms with van der Waals surface area (Å²) in [7, 11) is 0. The molecule has 0 aromatic rings. The first-order valence-electron chi connectivity index (χ1n) is 6.79. The first kappa shape index (κ1) is 13.3. The summed E-state index contributed by atoms with van der Waals surface area (Å²) in [5, 5.41) is 12.0. The molecule has 0 aliphatic heterocycles. The highest BCUT2D eigenvalue weighted by atomic mass is 16.4. The second-order valence-corrected chi connectivity index (χ2v) is 5.88. The van der Waals surface area contributed by atoms with Crippen molar-refractivity contribution in [1.82, 2.24) is 5.32 Å². The molecule has 0 unspecified atom stereocenters. The quantitative estimate of drug-likeness (QED) is 0.702. The largest absolute Gasteiger partial charge is 0.481 e. The molecule has 2 rings (SSSR count). The highest BCUT2D eigenvalue weighted by Crippen LogP contribution is 2.34. The molecule has 18 heavy (non-hydrogen) atoms. The lowest BCUT2D eigenvalue weighted by molar-refractivity contribution is -0.140. The van der Waals surface area contributed by atoms with Crippen molar-refractivity contribution in [3.63, 3.8) is 0 Å². The third-order valence-corrected chi connectivity index (χ3v) is 4.38. The topological polar surface area (TPSA) is 92.4 Å². The Morgan fingerprint density at radius 3 is 2.11 bits per heavy atom. The van der Waals surface area contributed by atoms with Crippen LogP contribution in [-0.4, -0.2) is 28.1 Å². The summed E-state index contributed by atoms with van der Waals surface area (Å²) < 4.78 is 0. The van der Waals surface area contributed by atoms with Crippen molar-refractivity contribution in [3.8, 4) is 0 Å². The first-order chi connectivity index (χ1) is 8.46. The molecule has 0 aromatic carbocycles. The summed E-state index contributed by atoms with van der Waals surface area (Å²) in [5.74, 6) is -1.01. The van der Waals surface area contributed by atoms with Crippen molar-refractivity contribution in [2.45, 2.75) is 68.9 Å². The number of carbonyl (C=O) groups excluding carboxylic acids is 1. The average molecular weight is 254 g/mol. The van der Waals surface area contributed by atoms with Crippen molar-refractivity contribution < 1.29 is 14.7 Å². The number of aliphatic carboxylic acids is 1. The SMILES string of the molecule is NC1(C(=O)NC2(CC(=O)O)CCCCC2)CCC1. The van der Waals surface area contributed by atoms with Gasteiger partial charge in [-0.2, -0.15) is 0 Å². The summed E-state index contributed by atoms with van der Waals surface area (Å²) in [5.41, 5.74) is 4.68. The van der Waals surface area contributed by atoms with Gasteiger partial charge >= 0.3 is 5.97 Å². The summed E-state index contributed by atoms with van der Waals surface area (Å²) in [6, 6.07) is 0. The van der Waals surface area contributed by atoms with Crippen LogP contribution in [-0.2, 0) is 9.59 Å². The molecule has 1 amide bonds. The van der Waals surface area contributed by atoms with Gasteiger partial charge in [0.2, 0.25) is 5.91 Å². The standard InChI is InChI=1S/C13H22N2O3/c14-13(7-4-8-13)11(18)15-12(9-10(16)17)5-2-1-3-6-12/h1-9,14H2,(H,15,18)(H,16,17). The summed E-state index contributed by atoms with van der Waals surface area (Å²) in [4.78, 5) is 23.2. The van der Waals surface area contributed by atoms with Crippen LogP contribution in [0.4, 0.5) is 0 Å². The van der Waals surface area contributed by atoms with Crippen LogP contribution in [0, 0.1) is 0 Å². The van der Waals surface area contributed by atoms with E-state index in [1.807, 2.05) is 0 Å². The average Bonchev–Trinajstić information content (AvgIpc) is 2.25. The minimum absolute atomic E-state index is 0.00875. The Kier molecular flexibility index (Phi) is 3.61. The molecule has 102 valence electrons. The molecule has 0 atom stereocenters. The molecule has 0 heterocycles. The lowest BCUT2D eigenvalue weighted by Gasteiger charge is -2.43. The van der Waals surface area contributed by atoms with Crippen molar-refractivity contribution in [2.24, 2.45) is 5.73 Å². The third kappa shape index (κ3) is 2.66. The van der Waals surface area contributed by atoms with Gasteiger partial charge in [0.05, 0.1) is 17.5 Å². The van der Waals surface area contributed by atoms with Crippen LogP contribution in [0.1, 0.15) is 57.8 Å². The molecule has 2 saturated carbocycles. The Labute approximate surface area is 107 Å². The van der Waals surface area contributed by atoms with Gasteiger partial charge in [0.15, 0.2) is 0 Å². The molecule has 2 fully saturated rings. The maximum Gasteiger partial charge on any atom is 0.305 e. The Morgan fingerprint density at radius 1 is 1.06 bits per heavy atom. The van der Waals surface area contributed by atoms with E-state index in [0.717, 1.165) is 38.5 Å². The number of hydrogen-bond acceptors (Lipinski definition) is 3. The van der Waals surface area contributed by atoms with Gasteiger partial charge < -0.3 is 16.2 Å². The smallest absolute Gasteiger partial charge is 0.305 e. The summed E-state index contributed by atoms with van der Waals surface area (Å²) in [6.07, 6.45) is 6.98. The van der Waals surface area contributed by atoms with E-state index in [-0.39, 0.29) is 12.3 Å². The lowest BCUT2D eigenvalue weighted by Crippen LogP contribution is -2.64. The van der Waals surface area contributed by atoms with Crippen molar-refractivity contribution in [3.05, 3.63) is 0 Å². The molecule has 4 N–H and O–H groups in total. The second-order valence-electron chi connectivity index (χ2n) is 5.88. The maximum atomic E-state index is 12.2. The number of rotatable bonds is 4. The number of nitrogens with two attached hydrogens (primary N) is 1. The predicted molar refractivity (Wildman–Crippen MR) is 67.0 cm³/mol. The van der Waals surface area contributed by atoms with Crippen LogP contribution >= 0.6 is 0 Å². The number of nitrogens with one attached hydrogen (secondary N) is 1. The van der Waals surface area contributed by atoms with Crippen molar-refractivity contribution in [2.75, 3.05) is 0 Å². The monoisotopic (exact) mass is 254 g/mol. The van der Waals surface area contributed by atoms with Gasteiger partial charge in [-0.05, 0) is 32.1 Å².